The van der Waals surface area contributed by atoms with E-state index in [4.69, 9.17) is 10.2 Å². The van der Waals surface area contributed by atoms with Crippen LogP contribution in [0.25, 0.3) is 0 Å². The molecule has 8 nitrogen and oxygen atoms in total. The lowest BCUT2D eigenvalue weighted by atomic mass is 9.83. The van der Waals surface area contributed by atoms with Gasteiger partial charge in [0.05, 0.1) is 11.8 Å². The second-order valence-electron chi connectivity index (χ2n) is 5.28. The van der Waals surface area contributed by atoms with Crippen molar-refractivity contribution in [1.29, 1.82) is 0 Å². The van der Waals surface area contributed by atoms with Crippen molar-refractivity contribution >= 4 is 23.9 Å². The van der Waals surface area contributed by atoms with Crippen LogP contribution in [0.2, 0.25) is 0 Å². The molecule has 0 radical (unpaired) electrons. The molecule has 2 atom stereocenters. The third-order valence-corrected chi connectivity index (χ3v) is 3.64. The summed E-state index contributed by atoms with van der Waals surface area (Å²) in [6.07, 6.45) is -1.13. The fourth-order valence-corrected chi connectivity index (χ4v) is 2.51. The molecule has 8 heteroatoms. The maximum atomic E-state index is 11.5. The summed E-state index contributed by atoms with van der Waals surface area (Å²) >= 11 is 0. The molecule has 0 spiro atoms. The normalized spacial score (nSPS) is 13.0. The van der Waals surface area contributed by atoms with E-state index in [-0.39, 0.29) is 36.8 Å². The van der Waals surface area contributed by atoms with Crippen LogP contribution in [0.1, 0.15) is 48.6 Å². The van der Waals surface area contributed by atoms with Gasteiger partial charge in [-0.1, -0.05) is 24.3 Å². The zero-order chi connectivity index (χ0) is 18.3. The average molecular weight is 338 g/mol. The van der Waals surface area contributed by atoms with Crippen molar-refractivity contribution in [2.75, 3.05) is 0 Å². The van der Waals surface area contributed by atoms with Crippen LogP contribution in [-0.4, -0.2) is 44.3 Å². The number of rotatable bonds is 10. The van der Waals surface area contributed by atoms with Gasteiger partial charge in [-0.25, -0.2) is 0 Å². The van der Waals surface area contributed by atoms with Crippen molar-refractivity contribution in [1.82, 2.24) is 0 Å². The molecule has 0 fully saturated rings. The minimum atomic E-state index is -1.26. The quantitative estimate of drug-likeness (QED) is 0.504. The highest BCUT2D eigenvalue weighted by atomic mass is 16.4. The van der Waals surface area contributed by atoms with Crippen LogP contribution in [0.3, 0.4) is 0 Å². The molecule has 0 heterocycles. The second-order valence-corrected chi connectivity index (χ2v) is 5.28. The monoisotopic (exact) mass is 338 g/mol. The number of carboxylic acid groups (broad SMARTS) is 4. The second kappa shape index (κ2) is 8.66. The molecule has 24 heavy (non-hydrogen) atoms. The molecule has 0 aliphatic heterocycles. The fraction of sp³-hybridized carbons (Fsp3) is 0.375. The molecule has 0 amide bonds. The van der Waals surface area contributed by atoms with Crippen molar-refractivity contribution in [2.45, 2.75) is 37.5 Å². The van der Waals surface area contributed by atoms with Gasteiger partial charge in [-0.2, -0.15) is 0 Å². The van der Waals surface area contributed by atoms with E-state index in [9.17, 15) is 29.4 Å². The van der Waals surface area contributed by atoms with E-state index in [0.717, 1.165) is 0 Å². The number of carbonyl (C=O) groups is 4. The summed E-state index contributed by atoms with van der Waals surface area (Å²) in [6, 6.07) is 5.94. The van der Waals surface area contributed by atoms with E-state index in [1.54, 1.807) is 0 Å². The van der Waals surface area contributed by atoms with Gasteiger partial charge < -0.3 is 20.4 Å². The van der Waals surface area contributed by atoms with E-state index in [0.29, 0.717) is 0 Å². The van der Waals surface area contributed by atoms with Crippen LogP contribution in [0.5, 0.6) is 0 Å². The van der Waals surface area contributed by atoms with Gasteiger partial charge in [-0.3, -0.25) is 19.2 Å². The van der Waals surface area contributed by atoms with Crippen molar-refractivity contribution in [3.8, 4) is 0 Å². The average Bonchev–Trinajstić information content (AvgIpc) is 2.47. The number of carboxylic acids is 4. The first-order valence-corrected chi connectivity index (χ1v) is 7.22. The summed E-state index contributed by atoms with van der Waals surface area (Å²) in [4.78, 5) is 44.4. The highest BCUT2D eigenvalue weighted by Crippen LogP contribution is 2.32. The Hall–Kier alpha value is -2.90. The summed E-state index contributed by atoms with van der Waals surface area (Å²) in [6.45, 7) is 0. The Labute approximate surface area is 137 Å². The largest absolute Gasteiger partial charge is 0.481 e. The first-order valence-electron chi connectivity index (χ1n) is 7.22. The molecular formula is C16H18O8. The van der Waals surface area contributed by atoms with E-state index < -0.39 is 35.7 Å². The van der Waals surface area contributed by atoms with Crippen LogP contribution in [-0.2, 0) is 19.2 Å². The van der Waals surface area contributed by atoms with Crippen LogP contribution >= 0.6 is 0 Å². The zero-order valence-corrected chi connectivity index (χ0v) is 12.7. The third kappa shape index (κ3) is 5.38. The van der Waals surface area contributed by atoms with Gasteiger partial charge in [-0.15, -0.1) is 0 Å². The summed E-state index contributed by atoms with van der Waals surface area (Å²) in [5.41, 5.74) is 0.396. The standard InChI is InChI=1S/C16H18O8/c17-13(18)7-5-11(15(21)22)9-3-1-2-4-10(9)12(16(23)24)6-8-14(19)20/h1-4,11-12H,5-8H2,(H,17,18)(H,19,20)(H,21,22)(H,23,24). The van der Waals surface area contributed by atoms with Gasteiger partial charge >= 0.3 is 23.9 Å². The van der Waals surface area contributed by atoms with Gasteiger partial charge in [0.15, 0.2) is 0 Å². The van der Waals surface area contributed by atoms with Crippen LogP contribution < -0.4 is 0 Å². The highest BCUT2D eigenvalue weighted by molar-refractivity contribution is 5.81. The third-order valence-electron chi connectivity index (χ3n) is 3.64. The van der Waals surface area contributed by atoms with Crippen LogP contribution in [0, 0.1) is 0 Å². The molecule has 0 bridgehead atoms. The number of hydrogen-bond acceptors (Lipinski definition) is 4. The van der Waals surface area contributed by atoms with E-state index >= 15 is 0 Å². The predicted molar refractivity (Wildman–Crippen MR) is 80.9 cm³/mol. The number of benzene rings is 1. The molecule has 0 saturated carbocycles. The first-order chi connectivity index (χ1) is 11.2. The smallest absolute Gasteiger partial charge is 0.310 e. The Bertz CT molecular complexity index is 582. The lowest BCUT2D eigenvalue weighted by Gasteiger charge is -2.20. The maximum Gasteiger partial charge on any atom is 0.310 e. The lowest BCUT2D eigenvalue weighted by molar-refractivity contribution is -0.142. The van der Waals surface area contributed by atoms with Gasteiger partial charge in [-0.05, 0) is 24.0 Å². The minimum absolute atomic E-state index is 0.188. The molecule has 1 aromatic carbocycles. The van der Waals surface area contributed by atoms with Gasteiger partial charge in [0.25, 0.3) is 0 Å². The lowest BCUT2D eigenvalue weighted by Crippen LogP contribution is -2.20. The zero-order valence-electron chi connectivity index (χ0n) is 12.7. The van der Waals surface area contributed by atoms with Crippen molar-refractivity contribution in [3.63, 3.8) is 0 Å². The minimum Gasteiger partial charge on any atom is -0.481 e. The van der Waals surface area contributed by atoms with E-state index in [1.807, 2.05) is 0 Å². The van der Waals surface area contributed by atoms with Crippen molar-refractivity contribution in [3.05, 3.63) is 35.4 Å². The maximum absolute atomic E-state index is 11.5. The van der Waals surface area contributed by atoms with E-state index in [1.165, 1.54) is 24.3 Å². The summed E-state index contributed by atoms with van der Waals surface area (Å²) in [7, 11) is 0. The highest BCUT2D eigenvalue weighted by Gasteiger charge is 2.29. The molecule has 1 aromatic rings. The van der Waals surface area contributed by atoms with E-state index in [2.05, 4.69) is 0 Å². The Kier molecular flexibility index (Phi) is 6.91. The molecule has 0 saturated heterocycles. The number of aliphatic carboxylic acids is 4. The Morgan fingerprint density at radius 1 is 0.708 bits per heavy atom. The molecule has 0 aliphatic carbocycles. The molecule has 0 aromatic heterocycles. The van der Waals surface area contributed by atoms with Crippen LogP contribution in [0.15, 0.2) is 24.3 Å². The molecule has 1 rings (SSSR count). The Morgan fingerprint density at radius 3 is 1.29 bits per heavy atom. The van der Waals surface area contributed by atoms with Crippen molar-refractivity contribution in [2.24, 2.45) is 0 Å². The first kappa shape index (κ1) is 19.1. The topological polar surface area (TPSA) is 149 Å². The molecule has 2 unspecified atom stereocenters. The Morgan fingerprint density at radius 2 is 1.04 bits per heavy atom. The molecule has 4 N–H and O–H groups in total. The van der Waals surface area contributed by atoms with Gasteiger partial charge in [0.2, 0.25) is 0 Å². The fourth-order valence-electron chi connectivity index (χ4n) is 2.51. The molecule has 130 valence electrons. The SMILES string of the molecule is O=C(O)CCC(C(=O)O)c1ccccc1C(CCC(=O)O)C(=O)O. The molecule has 0 aliphatic rings. The van der Waals surface area contributed by atoms with Gasteiger partial charge in [0.1, 0.15) is 0 Å². The van der Waals surface area contributed by atoms with Gasteiger partial charge in [0, 0.05) is 12.8 Å². The molecular weight excluding hydrogens is 320 g/mol. The Balaban J connectivity index is 3.23. The predicted octanol–water partition coefficient (Wildman–Crippen LogP) is 1.75. The number of hydrogen-bond donors (Lipinski definition) is 4. The van der Waals surface area contributed by atoms with Crippen molar-refractivity contribution < 1.29 is 39.6 Å². The summed E-state index contributed by atoms with van der Waals surface area (Å²) in [5.74, 6) is -7.18. The summed E-state index contributed by atoms with van der Waals surface area (Å²) in [5, 5.41) is 36.2. The van der Waals surface area contributed by atoms with Crippen LogP contribution in [0.4, 0.5) is 0 Å². The summed E-state index contributed by atoms with van der Waals surface area (Å²) < 4.78 is 0.